The van der Waals surface area contributed by atoms with E-state index in [1.807, 2.05) is 30.3 Å². The van der Waals surface area contributed by atoms with E-state index < -0.39 is 12.1 Å². The van der Waals surface area contributed by atoms with Gasteiger partial charge < -0.3 is 25.2 Å². The van der Waals surface area contributed by atoms with Crippen molar-refractivity contribution in [1.82, 2.24) is 14.8 Å². The van der Waals surface area contributed by atoms with Gasteiger partial charge in [-0.05, 0) is 42.2 Å². The molecule has 2 aliphatic heterocycles. The zero-order valence-electron chi connectivity index (χ0n) is 18.1. The lowest BCUT2D eigenvalue weighted by Gasteiger charge is -2.48. The number of H-pyrrole nitrogens is 1. The van der Waals surface area contributed by atoms with Crippen LogP contribution in [0.25, 0.3) is 10.9 Å². The summed E-state index contributed by atoms with van der Waals surface area (Å²) in [6.45, 7) is 0.0828. The molecule has 8 heteroatoms. The summed E-state index contributed by atoms with van der Waals surface area (Å²) in [5, 5.41) is 21.9. The van der Waals surface area contributed by atoms with Crippen LogP contribution in [0.3, 0.4) is 0 Å². The first kappa shape index (κ1) is 20.3. The van der Waals surface area contributed by atoms with Gasteiger partial charge in [0.1, 0.15) is 12.6 Å². The normalized spacial score (nSPS) is 23.2. The Kier molecular flexibility index (Phi) is 4.67. The molecule has 0 spiro atoms. The predicted molar refractivity (Wildman–Crippen MR) is 123 cm³/mol. The fraction of sp³-hybridized carbons (Fsp3) is 0.360. The smallest absolute Gasteiger partial charge is 0.246 e. The molecular weight excluding hydrogens is 420 g/mol. The first-order valence-electron chi connectivity index (χ1n) is 11.5. The van der Waals surface area contributed by atoms with Crippen LogP contribution in [0, 0.1) is 5.21 Å². The van der Waals surface area contributed by atoms with Gasteiger partial charge in [0.15, 0.2) is 0 Å². The molecule has 0 radical (unpaired) electrons. The van der Waals surface area contributed by atoms with Crippen LogP contribution in [-0.4, -0.2) is 50.4 Å². The number of para-hydroxylation sites is 1. The summed E-state index contributed by atoms with van der Waals surface area (Å²) in [6.07, 6.45) is 4.53. The number of piperazine rings is 1. The number of nitrogens with one attached hydrogen (secondary N) is 1. The zero-order chi connectivity index (χ0) is 22.7. The Morgan fingerprint density at radius 2 is 1.85 bits per heavy atom. The number of carbonyl (C=O) groups is 2. The number of fused-ring (bicyclic) bond motifs is 4. The van der Waals surface area contributed by atoms with Crippen molar-refractivity contribution < 1.29 is 14.8 Å². The van der Waals surface area contributed by atoms with Crippen molar-refractivity contribution in [3.8, 4) is 0 Å². The SMILES string of the molecule is O=C1[C@@H]2Cc3c([nH]c4ccccc34)C(c3cccc(N([O-])O)c3)N2C(=O)CN1C1CCCC1. The van der Waals surface area contributed by atoms with Crippen molar-refractivity contribution >= 4 is 28.4 Å². The summed E-state index contributed by atoms with van der Waals surface area (Å²) >= 11 is 0. The largest absolute Gasteiger partial charge is 0.733 e. The number of hydrogen-bond donors (Lipinski definition) is 2. The molecule has 1 aromatic heterocycles. The van der Waals surface area contributed by atoms with Crippen molar-refractivity contribution in [1.29, 1.82) is 0 Å². The molecule has 2 N–H and O–H groups in total. The van der Waals surface area contributed by atoms with E-state index >= 15 is 0 Å². The van der Waals surface area contributed by atoms with Gasteiger partial charge in [0.2, 0.25) is 11.8 Å². The van der Waals surface area contributed by atoms with Crippen LogP contribution in [0.4, 0.5) is 5.69 Å². The maximum Gasteiger partial charge on any atom is 0.246 e. The van der Waals surface area contributed by atoms with E-state index in [4.69, 9.17) is 0 Å². The number of hydrogen-bond acceptors (Lipinski definition) is 5. The molecule has 8 nitrogen and oxygen atoms in total. The predicted octanol–water partition coefficient (Wildman–Crippen LogP) is 3.49. The number of anilines is 1. The number of rotatable bonds is 3. The Hall–Kier alpha value is -3.36. The molecule has 33 heavy (non-hydrogen) atoms. The van der Waals surface area contributed by atoms with Gasteiger partial charge in [-0.15, -0.1) is 0 Å². The van der Waals surface area contributed by atoms with E-state index in [1.165, 1.54) is 6.07 Å². The first-order chi connectivity index (χ1) is 16.0. The van der Waals surface area contributed by atoms with E-state index in [-0.39, 0.29) is 35.3 Å². The van der Waals surface area contributed by atoms with E-state index in [0.717, 1.165) is 47.8 Å². The van der Waals surface area contributed by atoms with E-state index in [9.17, 15) is 20.0 Å². The number of benzene rings is 2. The van der Waals surface area contributed by atoms with Gasteiger partial charge in [0, 0.05) is 29.1 Å². The van der Waals surface area contributed by atoms with E-state index in [2.05, 4.69) is 4.98 Å². The monoisotopic (exact) mass is 445 g/mol. The third kappa shape index (κ3) is 3.13. The Labute approximate surface area is 190 Å². The van der Waals surface area contributed by atoms with Gasteiger partial charge in [-0.1, -0.05) is 43.2 Å². The zero-order valence-corrected chi connectivity index (χ0v) is 18.1. The van der Waals surface area contributed by atoms with Gasteiger partial charge >= 0.3 is 0 Å². The average Bonchev–Trinajstić information content (AvgIpc) is 3.48. The number of carbonyl (C=O) groups excluding carboxylic acids is 2. The molecule has 2 fully saturated rings. The number of aromatic amines is 1. The highest BCUT2D eigenvalue weighted by atomic mass is 16.8. The van der Waals surface area contributed by atoms with Crippen molar-refractivity contribution in [2.24, 2.45) is 0 Å². The van der Waals surface area contributed by atoms with Gasteiger partial charge in [0.05, 0.1) is 11.7 Å². The molecule has 3 aromatic rings. The maximum atomic E-state index is 13.7. The standard InChI is InChI=1S/C25H25N4O4/c30-22-14-27(16-7-1-2-8-16)25(31)21-13-19-18-10-3-4-11-20(18)26-23(19)24(28(21)22)15-6-5-9-17(12-15)29(32)33/h3-6,9-12,16,21,24,26,32H,1-2,7-8,13-14H2/q-1/t21-,24?/m0/s1. The van der Waals surface area contributed by atoms with Crippen LogP contribution in [0.15, 0.2) is 48.5 Å². The minimum Gasteiger partial charge on any atom is -0.733 e. The van der Waals surface area contributed by atoms with Crippen LogP contribution in [0.2, 0.25) is 0 Å². The molecule has 1 aliphatic carbocycles. The summed E-state index contributed by atoms with van der Waals surface area (Å²) in [4.78, 5) is 34.3. The Balaban J connectivity index is 1.51. The second kappa shape index (κ2) is 7.60. The molecule has 1 unspecified atom stereocenters. The lowest BCUT2D eigenvalue weighted by Crippen LogP contribution is -2.64. The van der Waals surface area contributed by atoms with Gasteiger partial charge in [-0.25, -0.2) is 0 Å². The van der Waals surface area contributed by atoms with E-state index in [0.29, 0.717) is 12.0 Å². The highest BCUT2D eigenvalue weighted by Crippen LogP contribution is 2.43. The molecule has 1 saturated carbocycles. The Morgan fingerprint density at radius 1 is 1.06 bits per heavy atom. The highest BCUT2D eigenvalue weighted by molar-refractivity contribution is 5.98. The molecule has 3 aliphatic rings. The fourth-order valence-corrected chi connectivity index (χ4v) is 5.97. The summed E-state index contributed by atoms with van der Waals surface area (Å²) in [5.41, 5.74) is 3.59. The number of aromatic nitrogens is 1. The molecule has 2 aromatic carbocycles. The Bertz CT molecular complexity index is 1250. The average molecular weight is 445 g/mol. The van der Waals surface area contributed by atoms with Crippen molar-refractivity contribution in [3.63, 3.8) is 0 Å². The van der Waals surface area contributed by atoms with Crippen LogP contribution < -0.4 is 5.23 Å². The second-order valence-corrected chi connectivity index (χ2v) is 9.26. The summed E-state index contributed by atoms with van der Waals surface area (Å²) in [7, 11) is 0. The topological polar surface area (TPSA) is 103 Å². The molecule has 1 saturated heterocycles. The van der Waals surface area contributed by atoms with Crippen LogP contribution in [-0.2, 0) is 16.0 Å². The minimum absolute atomic E-state index is 0.00574. The van der Waals surface area contributed by atoms with Crippen LogP contribution >= 0.6 is 0 Å². The van der Waals surface area contributed by atoms with Gasteiger partial charge in [-0.2, -0.15) is 0 Å². The third-order valence-electron chi connectivity index (χ3n) is 7.47. The Morgan fingerprint density at radius 3 is 2.64 bits per heavy atom. The van der Waals surface area contributed by atoms with Crippen molar-refractivity contribution in [3.05, 3.63) is 70.6 Å². The van der Waals surface area contributed by atoms with Gasteiger partial charge in [0.25, 0.3) is 0 Å². The molecule has 6 rings (SSSR count). The minimum atomic E-state index is -0.593. The lowest BCUT2D eigenvalue weighted by molar-refractivity contribution is -0.160. The van der Waals surface area contributed by atoms with Crippen molar-refractivity contribution in [2.45, 2.75) is 50.2 Å². The second-order valence-electron chi connectivity index (χ2n) is 9.26. The van der Waals surface area contributed by atoms with Crippen molar-refractivity contribution in [2.75, 3.05) is 11.8 Å². The first-order valence-corrected chi connectivity index (χ1v) is 11.5. The van der Waals surface area contributed by atoms with Gasteiger partial charge in [-0.3, -0.25) is 14.8 Å². The molecule has 0 bridgehead atoms. The summed E-state index contributed by atoms with van der Waals surface area (Å²) < 4.78 is 0. The molecule has 170 valence electrons. The fourth-order valence-electron chi connectivity index (χ4n) is 5.97. The lowest BCUT2D eigenvalue weighted by atomic mass is 9.85. The van der Waals surface area contributed by atoms with Crippen LogP contribution in [0.1, 0.15) is 48.5 Å². The number of amides is 2. The van der Waals surface area contributed by atoms with Crippen LogP contribution in [0.5, 0.6) is 0 Å². The highest BCUT2D eigenvalue weighted by Gasteiger charge is 2.49. The molecular formula is C25H25N4O4-. The molecule has 3 heterocycles. The maximum absolute atomic E-state index is 13.7. The van der Waals surface area contributed by atoms with E-state index in [1.54, 1.807) is 21.9 Å². The molecule has 2 amide bonds. The summed E-state index contributed by atoms with van der Waals surface area (Å²) in [6, 6.07) is 13.5. The molecule has 2 atom stereocenters. The summed E-state index contributed by atoms with van der Waals surface area (Å²) in [5.74, 6) is -0.0830. The number of nitrogens with zero attached hydrogens (tertiary/aromatic N) is 3. The quantitative estimate of drug-likeness (QED) is 0.601. The third-order valence-corrected chi connectivity index (χ3v) is 7.47.